The van der Waals surface area contributed by atoms with Gasteiger partial charge in [-0.2, -0.15) is 0 Å². The van der Waals surface area contributed by atoms with Crippen LogP contribution < -0.4 is 4.74 Å². The van der Waals surface area contributed by atoms with Gasteiger partial charge in [0.25, 0.3) is 0 Å². The van der Waals surface area contributed by atoms with Crippen molar-refractivity contribution in [1.29, 1.82) is 0 Å². The summed E-state index contributed by atoms with van der Waals surface area (Å²) in [4.78, 5) is 0. The van der Waals surface area contributed by atoms with Crippen LogP contribution in [0, 0.1) is 0 Å². The Hall–Kier alpha value is -1.06. The molecule has 1 N–H and O–H groups in total. The largest absolute Gasteiger partial charge is 0.490 e. The van der Waals surface area contributed by atoms with Crippen molar-refractivity contribution in [1.82, 2.24) is 0 Å². The molecule has 2 atom stereocenters. The van der Waals surface area contributed by atoms with Gasteiger partial charge in [0.2, 0.25) is 0 Å². The highest BCUT2D eigenvalue weighted by molar-refractivity contribution is 5.27. The summed E-state index contributed by atoms with van der Waals surface area (Å²) < 4.78 is 10.9. The number of rotatable bonds is 5. The highest BCUT2D eigenvalue weighted by Gasteiger charge is 2.24. The first-order valence-electron chi connectivity index (χ1n) is 6.20. The molecule has 1 aliphatic carbocycles. The average Bonchev–Trinajstić information content (AvgIpc) is 2.74. The van der Waals surface area contributed by atoms with Gasteiger partial charge >= 0.3 is 0 Å². The van der Waals surface area contributed by atoms with Gasteiger partial charge in [-0.05, 0) is 37.0 Å². The van der Waals surface area contributed by atoms with Crippen LogP contribution in [0.25, 0.3) is 0 Å². The van der Waals surface area contributed by atoms with E-state index >= 15 is 0 Å². The Morgan fingerprint density at radius 1 is 1.24 bits per heavy atom. The SMILES string of the molecule is COCCc1ccc(OC2CCC(O)C2)cc1. The van der Waals surface area contributed by atoms with Crippen molar-refractivity contribution in [2.45, 2.75) is 37.9 Å². The highest BCUT2D eigenvalue weighted by atomic mass is 16.5. The van der Waals surface area contributed by atoms with E-state index in [2.05, 4.69) is 12.1 Å². The van der Waals surface area contributed by atoms with Crippen molar-refractivity contribution in [3.8, 4) is 5.75 Å². The molecule has 1 aromatic carbocycles. The molecule has 0 radical (unpaired) electrons. The van der Waals surface area contributed by atoms with Gasteiger partial charge in [-0.3, -0.25) is 0 Å². The monoisotopic (exact) mass is 236 g/mol. The van der Waals surface area contributed by atoms with Crippen molar-refractivity contribution in [2.75, 3.05) is 13.7 Å². The standard InChI is InChI=1S/C14H20O3/c1-16-9-8-11-2-5-13(6-3-11)17-14-7-4-12(15)10-14/h2-3,5-6,12,14-15H,4,7-10H2,1H3. The number of aliphatic hydroxyl groups excluding tert-OH is 1. The van der Waals surface area contributed by atoms with E-state index in [0.717, 1.165) is 38.0 Å². The van der Waals surface area contributed by atoms with Gasteiger partial charge in [0.05, 0.1) is 12.7 Å². The van der Waals surface area contributed by atoms with E-state index in [4.69, 9.17) is 9.47 Å². The Kier molecular flexibility index (Phi) is 4.40. The van der Waals surface area contributed by atoms with Crippen LogP contribution in [0.15, 0.2) is 24.3 Å². The average molecular weight is 236 g/mol. The third-order valence-electron chi connectivity index (χ3n) is 3.18. The summed E-state index contributed by atoms with van der Waals surface area (Å²) in [5, 5.41) is 9.42. The zero-order valence-electron chi connectivity index (χ0n) is 10.3. The van der Waals surface area contributed by atoms with Gasteiger partial charge in [-0.15, -0.1) is 0 Å². The second-order valence-electron chi connectivity index (χ2n) is 4.59. The first-order valence-corrected chi connectivity index (χ1v) is 6.20. The normalized spacial score (nSPS) is 23.9. The lowest BCUT2D eigenvalue weighted by Crippen LogP contribution is -2.13. The lowest BCUT2D eigenvalue weighted by atomic mass is 10.1. The summed E-state index contributed by atoms with van der Waals surface area (Å²) in [6.45, 7) is 0.745. The minimum absolute atomic E-state index is 0.176. The van der Waals surface area contributed by atoms with Gasteiger partial charge in [0, 0.05) is 13.5 Å². The fourth-order valence-corrected chi connectivity index (χ4v) is 2.17. The van der Waals surface area contributed by atoms with E-state index in [1.54, 1.807) is 7.11 Å². The fraction of sp³-hybridized carbons (Fsp3) is 0.571. The Morgan fingerprint density at radius 3 is 2.59 bits per heavy atom. The number of benzene rings is 1. The molecule has 0 aliphatic heterocycles. The van der Waals surface area contributed by atoms with Crippen molar-refractivity contribution in [3.63, 3.8) is 0 Å². The summed E-state index contributed by atoms with van der Waals surface area (Å²) in [5.41, 5.74) is 1.26. The molecule has 1 saturated carbocycles. The fourth-order valence-electron chi connectivity index (χ4n) is 2.17. The highest BCUT2D eigenvalue weighted by Crippen LogP contribution is 2.24. The first kappa shape index (κ1) is 12.4. The molecule has 0 aromatic heterocycles. The topological polar surface area (TPSA) is 38.7 Å². The van der Waals surface area contributed by atoms with Crippen LogP contribution in [-0.2, 0) is 11.2 Å². The Labute approximate surface area is 102 Å². The molecular formula is C14H20O3. The van der Waals surface area contributed by atoms with Crippen LogP contribution in [0.4, 0.5) is 0 Å². The quantitative estimate of drug-likeness (QED) is 0.851. The zero-order valence-corrected chi connectivity index (χ0v) is 10.3. The maximum absolute atomic E-state index is 9.42. The van der Waals surface area contributed by atoms with E-state index < -0.39 is 0 Å². The number of aliphatic hydroxyl groups is 1. The summed E-state index contributed by atoms with van der Waals surface area (Å²) >= 11 is 0. The maximum atomic E-state index is 9.42. The van der Waals surface area contributed by atoms with Crippen LogP contribution in [0.1, 0.15) is 24.8 Å². The van der Waals surface area contributed by atoms with Gasteiger partial charge in [0.15, 0.2) is 0 Å². The van der Waals surface area contributed by atoms with E-state index in [9.17, 15) is 5.11 Å². The van der Waals surface area contributed by atoms with E-state index in [1.807, 2.05) is 12.1 Å². The van der Waals surface area contributed by atoms with E-state index in [0.29, 0.717) is 0 Å². The molecular weight excluding hydrogens is 216 g/mol. The van der Waals surface area contributed by atoms with Gasteiger partial charge in [-0.1, -0.05) is 12.1 Å². The van der Waals surface area contributed by atoms with Crippen LogP contribution in [0.5, 0.6) is 5.75 Å². The Balaban J connectivity index is 1.85. The van der Waals surface area contributed by atoms with Crippen molar-refractivity contribution in [3.05, 3.63) is 29.8 Å². The minimum Gasteiger partial charge on any atom is -0.490 e. The lowest BCUT2D eigenvalue weighted by molar-refractivity contribution is 0.149. The molecule has 0 bridgehead atoms. The number of hydrogen-bond donors (Lipinski definition) is 1. The van der Waals surface area contributed by atoms with Crippen molar-refractivity contribution < 1.29 is 14.6 Å². The van der Waals surface area contributed by atoms with Crippen molar-refractivity contribution >= 4 is 0 Å². The Morgan fingerprint density at radius 2 is 2.00 bits per heavy atom. The summed E-state index contributed by atoms with van der Waals surface area (Å²) in [7, 11) is 1.71. The molecule has 0 heterocycles. The maximum Gasteiger partial charge on any atom is 0.119 e. The molecule has 3 nitrogen and oxygen atoms in total. The van der Waals surface area contributed by atoms with Gasteiger partial charge in [0.1, 0.15) is 11.9 Å². The van der Waals surface area contributed by atoms with Crippen molar-refractivity contribution in [2.24, 2.45) is 0 Å². The van der Waals surface area contributed by atoms with Gasteiger partial charge < -0.3 is 14.6 Å². The van der Waals surface area contributed by atoms with E-state index in [1.165, 1.54) is 5.56 Å². The number of methoxy groups -OCH3 is 1. The molecule has 0 spiro atoms. The molecule has 2 unspecified atom stereocenters. The van der Waals surface area contributed by atoms with Crippen LogP contribution in [-0.4, -0.2) is 31.0 Å². The summed E-state index contributed by atoms with van der Waals surface area (Å²) in [5.74, 6) is 0.894. The molecule has 2 rings (SSSR count). The molecule has 1 aliphatic rings. The molecule has 0 amide bonds. The van der Waals surface area contributed by atoms with Gasteiger partial charge in [-0.25, -0.2) is 0 Å². The first-order chi connectivity index (χ1) is 8.28. The Bertz CT molecular complexity index is 334. The third kappa shape index (κ3) is 3.72. The number of hydrogen-bond acceptors (Lipinski definition) is 3. The lowest BCUT2D eigenvalue weighted by Gasteiger charge is -2.13. The molecule has 1 aromatic rings. The van der Waals surface area contributed by atoms with Crippen LogP contribution in [0.2, 0.25) is 0 Å². The molecule has 94 valence electrons. The molecule has 1 fully saturated rings. The summed E-state index contributed by atoms with van der Waals surface area (Å²) in [6.07, 6.45) is 3.49. The molecule has 17 heavy (non-hydrogen) atoms. The smallest absolute Gasteiger partial charge is 0.119 e. The predicted molar refractivity (Wildman–Crippen MR) is 66.3 cm³/mol. The molecule has 3 heteroatoms. The predicted octanol–water partition coefficient (Wildman–Crippen LogP) is 2.17. The number of ether oxygens (including phenoxy) is 2. The zero-order chi connectivity index (χ0) is 12.1. The summed E-state index contributed by atoms with van der Waals surface area (Å²) in [6, 6.07) is 8.13. The second kappa shape index (κ2) is 6.03. The third-order valence-corrected chi connectivity index (χ3v) is 3.18. The van der Waals surface area contributed by atoms with E-state index in [-0.39, 0.29) is 12.2 Å². The second-order valence-corrected chi connectivity index (χ2v) is 4.59. The van der Waals surface area contributed by atoms with Crippen LogP contribution in [0.3, 0.4) is 0 Å². The van der Waals surface area contributed by atoms with Crippen LogP contribution >= 0.6 is 0 Å². The minimum atomic E-state index is -0.180. The molecule has 0 saturated heterocycles.